The van der Waals surface area contributed by atoms with Crippen molar-refractivity contribution < 1.29 is 9.13 Å². The van der Waals surface area contributed by atoms with Gasteiger partial charge in [-0.2, -0.15) is 0 Å². The van der Waals surface area contributed by atoms with E-state index < -0.39 is 0 Å². The number of hydrogen-bond acceptors (Lipinski definition) is 2. The Morgan fingerprint density at radius 1 is 1.22 bits per heavy atom. The number of nitrogens with one attached hydrogen (secondary N) is 1. The smallest absolute Gasteiger partial charge is 0.123 e. The van der Waals surface area contributed by atoms with Crippen LogP contribution in [0.2, 0.25) is 0 Å². The molecule has 1 rings (SSSR count). The van der Waals surface area contributed by atoms with Gasteiger partial charge in [0, 0.05) is 13.2 Å². The van der Waals surface area contributed by atoms with Gasteiger partial charge in [0.15, 0.2) is 0 Å². The van der Waals surface area contributed by atoms with Crippen molar-refractivity contribution in [2.24, 2.45) is 5.92 Å². The molecule has 0 bridgehead atoms. The fourth-order valence-electron chi connectivity index (χ4n) is 1.67. The van der Waals surface area contributed by atoms with Crippen molar-refractivity contribution in [2.75, 3.05) is 19.7 Å². The number of halogens is 1. The minimum atomic E-state index is -0.205. The molecule has 2 nitrogen and oxygen atoms in total. The highest BCUT2D eigenvalue weighted by Crippen LogP contribution is 2.18. The molecule has 1 N–H and O–H groups in total. The van der Waals surface area contributed by atoms with Crippen LogP contribution < -0.4 is 5.32 Å². The van der Waals surface area contributed by atoms with E-state index in [9.17, 15) is 4.39 Å². The van der Waals surface area contributed by atoms with Crippen LogP contribution in [0, 0.1) is 11.7 Å². The van der Waals surface area contributed by atoms with Gasteiger partial charge >= 0.3 is 0 Å². The van der Waals surface area contributed by atoms with Crippen molar-refractivity contribution in [3.8, 4) is 0 Å². The fraction of sp³-hybridized carbons (Fsp3) is 0.600. The number of rotatable bonds is 8. The molecule has 1 atom stereocenters. The third-order valence-corrected chi connectivity index (χ3v) is 2.84. The number of benzene rings is 1. The molecule has 0 aliphatic rings. The molecule has 1 unspecified atom stereocenters. The summed E-state index contributed by atoms with van der Waals surface area (Å²) in [5.41, 5.74) is 1.03. The van der Waals surface area contributed by atoms with Crippen molar-refractivity contribution in [3.05, 3.63) is 35.6 Å². The highest BCUT2D eigenvalue weighted by atomic mass is 19.1. The molecule has 0 fully saturated rings. The Kier molecular flexibility index (Phi) is 6.91. The lowest BCUT2D eigenvalue weighted by atomic mass is 10.1. The van der Waals surface area contributed by atoms with Crippen molar-refractivity contribution in [2.45, 2.75) is 33.3 Å². The maximum absolute atomic E-state index is 12.9. The molecule has 0 aliphatic heterocycles. The first-order valence-corrected chi connectivity index (χ1v) is 6.71. The van der Waals surface area contributed by atoms with Gasteiger partial charge in [0.1, 0.15) is 5.82 Å². The zero-order chi connectivity index (χ0) is 13.4. The second-order valence-electron chi connectivity index (χ2n) is 4.90. The van der Waals surface area contributed by atoms with Gasteiger partial charge in [0.2, 0.25) is 0 Å². The van der Waals surface area contributed by atoms with Crippen LogP contribution in [0.25, 0.3) is 0 Å². The standard InChI is InChI=1S/C15H24FNO/c1-4-17-11-15(18-10-9-12(2)3)13-5-7-14(16)8-6-13/h5-8,12,15,17H,4,9-11H2,1-3H3. The van der Waals surface area contributed by atoms with Crippen LogP contribution in [0.3, 0.4) is 0 Å². The zero-order valence-electron chi connectivity index (χ0n) is 11.6. The summed E-state index contributed by atoms with van der Waals surface area (Å²) >= 11 is 0. The van der Waals surface area contributed by atoms with E-state index in [2.05, 4.69) is 26.1 Å². The highest BCUT2D eigenvalue weighted by Gasteiger charge is 2.11. The van der Waals surface area contributed by atoms with E-state index in [-0.39, 0.29) is 11.9 Å². The zero-order valence-corrected chi connectivity index (χ0v) is 11.6. The third kappa shape index (κ3) is 5.61. The summed E-state index contributed by atoms with van der Waals surface area (Å²) in [4.78, 5) is 0. The molecular formula is C15H24FNO. The lowest BCUT2D eigenvalue weighted by Gasteiger charge is -2.19. The molecule has 0 amide bonds. The molecule has 0 saturated heterocycles. The molecule has 1 aromatic rings. The topological polar surface area (TPSA) is 21.3 Å². The molecule has 1 aromatic carbocycles. The van der Waals surface area contributed by atoms with E-state index in [1.165, 1.54) is 12.1 Å². The number of ether oxygens (including phenoxy) is 1. The minimum absolute atomic E-state index is 0.00398. The molecular weight excluding hydrogens is 229 g/mol. The first kappa shape index (κ1) is 15.1. The van der Waals surface area contributed by atoms with E-state index in [1.54, 1.807) is 12.1 Å². The van der Waals surface area contributed by atoms with Crippen LogP contribution in [-0.4, -0.2) is 19.7 Å². The molecule has 0 saturated carbocycles. The first-order chi connectivity index (χ1) is 8.63. The summed E-state index contributed by atoms with van der Waals surface area (Å²) in [6.07, 6.45) is 1.05. The quantitative estimate of drug-likeness (QED) is 0.765. The summed E-state index contributed by atoms with van der Waals surface area (Å²) in [6.45, 7) is 8.84. The SMILES string of the molecule is CCNCC(OCCC(C)C)c1ccc(F)cc1. The maximum Gasteiger partial charge on any atom is 0.123 e. The van der Waals surface area contributed by atoms with Crippen molar-refractivity contribution in [3.63, 3.8) is 0 Å². The first-order valence-electron chi connectivity index (χ1n) is 6.71. The molecule has 0 spiro atoms. The largest absolute Gasteiger partial charge is 0.372 e. The molecule has 0 heterocycles. The van der Waals surface area contributed by atoms with Crippen LogP contribution in [0.1, 0.15) is 38.9 Å². The predicted molar refractivity (Wildman–Crippen MR) is 73.1 cm³/mol. The summed E-state index contributed by atoms with van der Waals surface area (Å²) in [5.74, 6) is 0.432. The van der Waals surface area contributed by atoms with E-state index in [4.69, 9.17) is 4.74 Å². The lowest BCUT2D eigenvalue weighted by Crippen LogP contribution is -2.23. The monoisotopic (exact) mass is 253 g/mol. The number of likely N-dealkylation sites (N-methyl/N-ethyl adjacent to an activating group) is 1. The Morgan fingerprint density at radius 3 is 2.44 bits per heavy atom. The van der Waals surface area contributed by atoms with Gasteiger partial charge in [-0.15, -0.1) is 0 Å². The molecule has 18 heavy (non-hydrogen) atoms. The van der Waals surface area contributed by atoms with Gasteiger partial charge < -0.3 is 10.1 Å². The molecule has 0 radical (unpaired) electrons. The Bertz CT molecular complexity index is 324. The van der Waals surface area contributed by atoms with Crippen molar-refractivity contribution in [1.82, 2.24) is 5.32 Å². The van der Waals surface area contributed by atoms with E-state index in [1.807, 2.05) is 0 Å². The predicted octanol–water partition coefficient (Wildman–Crippen LogP) is 3.54. The fourth-order valence-corrected chi connectivity index (χ4v) is 1.67. The Morgan fingerprint density at radius 2 is 1.89 bits per heavy atom. The van der Waals surface area contributed by atoms with E-state index >= 15 is 0 Å². The molecule has 0 aliphatic carbocycles. The normalized spacial score (nSPS) is 12.9. The minimum Gasteiger partial charge on any atom is -0.372 e. The van der Waals surface area contributed by atoms with Crippen LogP contribution in [0.5, 0.6) is 0 Å². The van der Waals surface area contributed by atoms with Gasteiger partial charge in [-0.3, -0.25) is 0 Å². The van der Waals surface area contributed by atoms with Crippen LogP contribution >= 0.6 is 0 Å². The Labute approximate surface area is 110 Å². The van der Waals surface area contributed by atoms with Gasteiger partial charge in [-0.25, -0.2) is 4.39 Å². The van der Waals surface area contributed by atoms with Gasteiger partial charge in [-0.05, 0) is 36.6 Å². The summed E-state index contributed by atoms with van der Waals surface area (Å²) in [5, 5.41) is 3.28. The Balaban J connectivity index is 2.56. The van der Waals surface area contributed by atoms with Gasteiger partial charge in [-0.1, -0.05) is 32.9 Å². The van der Waals surface area contributed by atoms with Crippen molar-refractivity contribution in [1.29, 1.82) is 0 Å². The maximum atomic E-state index is 12.9. The van der Waals surface area contributed by atoms with Gasteiger partial charge in [0.05, 0.1) is 6.10 Å². The van der Waals surface area contributed by atoms with E-state index in [0.29, 0.717) is 5.92 Å². The average molecular weight is 253 g/mol. The number of hydrogen-bond donors (Lipinski definition) is 1. The summed E-state index contributed by atoms with van der Waals surface area (Å²) < 4.78 is 18.8. The van der Waals surface area contributed by atoms with E-state index in [0.717, 1.165) is 31.7 Å². The van der Waals surface area contributed by atoms with Crippen LogP contribution in [-0.2, 0) is 4.74 Å². The second kappa shape index (κ2) is 8.22. The lowest BCUT2D eigenvalue weighted by molar-refractivity contribution is 0.0461. The molecule has 0 aromatic heterocycles. The molecule has 3 heteroatoms. The summed E-state index contributed by atoms with van der Waals surface area (Å²) in [7, 11) is 0. The van der Waals surface area contributed by atoms with Gasteiger partial charge in [0.25, 0.3) is 0 Å². The highest BCUT2D eigenvalue weighted by molar-refractivity contribution is 5.19. The average Bonchev–Trinajstić information content (AvgIpc) is 2.34. The summed E-state index contributed by atoms with van der Waals surface area (Å²) in [6, 6.07) is 6.57. The van der Waals surface area contributed by atoms with Crippen LogP contribution in [0.4, 0.5) is 4.39 Å². The van der Waals surface area contributed by atoms with Crippen molar-refractivity contribution >= 4 is 0 Å². The molecule has 102 valence electrons. The van der Waals surface area contributed by atoms with Crippen LogP contribution in [0.15, 0.2) is 24.3 Å². The Hall–Kier alpha value is -0.930. The third-order valence-electron chi connectivity index (χ3n) is 2.84. The second-order valence-corrected chi connectivity index (χ2v) is 4.90.